The normalized spacial score (nSPS) is 18.1. The Morgan fingerprint density at radius 1 is 1.24 bits per heavy atom. The van der Waals surface area contributed by atoms with Gasteiger partial charge in [0.25, 0.3) is 0 Å². The predicted octanol–water partition coefficient (Wildman–Crippen LogP) is 1.06. The number of hydrogen-bond acceptors (Lipinski definition) is 8. The molecule has 9 heteroatoms. The molecular weight excluding hydrogens is 340 g/mol. The van der Waals surface area contributed by atoms with E-state index >= 15 is 0 Å². The largest absolute Gasteiger partial charge is 0.349 e. The van der Waals surface area contributed by atoms with Gasteiger partial charge >= 0.3 is 0 Å². The second kappa shape index (κ2) is 7.40. The molecule has 2 N–H and O–H groups in total. The van der Waals surface area contributed by atoms with Gasteiger partial charge in [-0.25, -0.2) is 18.4 Å². The highest BCUT2D eigenvalue weighted by molar-refractivity contribution is 7.90. The molecule has 0 amide bonds. The molecule has 0 bridgehead atoms. The Balaban J connectivity index is 1.84. The van der Waals surface area contributed by atoms with Crippen molar-refractivity contribution in [1.82, 2.24) is 25.3 Å². The minimum atomic E-state index is -3.37. The summed E-state index contributed by atoms with van der Waals surface area (Å²) in [6.07, 6.45) is 7.90. The molecule has 134 valence electrons. The van der Waals surface area contributed by atoms with Crippen LogP contribution in [-0.4, -0.2) is 47.7 Å². The summed E-state index contributed by atoms with van der Waals surface area (Å²) >= 11 is 0. The first-order chi connectivity index (χ1) is 11.9. The lowest BCUT2D eigenvalue weighted by Crippen LogP contribution is -2.30. The molecule has 2 aromatic heterocycles. The number of aromatic nitrogens is 4. The number of piperidine rings is 1. The second-order valence-corrected chi connectivity index (χ2v) is 8.25. The number of rotatable bonds is 5. The van der Waals surface area contributed by atoms with Gasteiger partial charge in [0.05, 0.1) is 36.0 Å². The Labute approximate surface area is 147 Å². The number of sulfone groups is 1. The lowest BCUT2D eigenvalue weighted by molar-refractivity contribution is 0.448. The van der Waals surface area contributed by atoms with Crippen molar-refractivity contribution < 1.29 is 8.42 Å². The monoisotopic (exact) mass is 362 g/mol. The Hall–Kier alpha value is -2.13. The summed E-state index contributed by atoms with van der Waals surface area (Å²) in [5.74, 6) is 0.469. The fraction of sp³-hybridized carbons (Fsp3) is 0.500. The van der Waals surface area contributed by atoms with Gasteiger partial charge in [-0.1, -0.05) is 0 Å². The van der Waals surface area contributed by atoms with Crippen LogP contribution in [0.4, 0.5) is 5.95 Å². The fourth-order valence-corrected chi connectivity index (χ4v) is 3.65. The van der Waals surface area contributed by atoms with Crippen molar-refractivity contribution in [2.75, 3.05) is 24.7 Å². The third-order valence-electron chi connectivity index (χ3n) is 4.13. The Bertz CT molecular complexity index is 832. The number of nitrogens with one attached hydrogen (secondary N) is 2. The van der Waals surface area contributed by atoms with Crippen molar-refractivity contribution in [3.05, 3.63) is 35.7 Å². The van der Waals surface area contributed by atoms with Gasteiger partial charge in [0.2, 0.25) is 5.95 Å². The van der Waals surface area contributed by atoms with Gasteiger partial charge in [-0.2, -0.15) is 0 Å². The van der Waals surface area contributed by atoms with E-state index in [4.69, 9.17) is 0 Å². The van der Waals surface area contributed by atoms with E-state index in [1.165, 1.54) is 12.5 Å². The van der Waals surface area contributed by atoms with Crippen LogP contribution in [-0.2, 0) is 16.4 Å². The molecule has 8 nitrogen and oxygen atoms in total. The van der Waals surface area contributed by atoms with E-state index in [0.717, 1.165) is 37.3 Å². The van der Waals surface area contributed by atoms with Crippen LogP contribution < -0.4 is 10.6 Å². The summed E-state index contributed by atoms with van der Waals surface area (Å²) in [7, 11) is -3.37. The van der Waals surface area contributed by atoms with Crippen LogP contribution in [0, 0.1) is 6.92 Å². The molecule has 1 fully saturated rings. The fourth-order valence-electron chi connectivity index (χ4n) is 2.81. The third-order valence-corrected chi connectivity index (χ3v) is 5.24. The Morgan fingerprint density at radius 2 is 2.08 bits per heavy atom. The van der Waals surface area contributed by atoms with Gasteiger partial charge in [-0.3, -0.25) is 9.97 Å². The molecule has 1 atom stereocenters. The average Bonchev–Trinajstić information content (AvgIpc) is 2.61. The van der Waals surface area contributed by atoms with E-state index in [2.05, 4.69) is 30.6 Å². The number of nitrogens with zero attached hydrogens (tertiary/aromatic N) is 4. The zero-order valence-corrected chi connectivity index (χ0v) is 15.2. The molecule has 0 radical (unpaired) electrons. The van der Waals surface area contributed by atoms with Gasteiger partial charge in [0.15, 0.2) is 9.84 Å². The maximum atomic E-state index is 12.1. The zero-order chi connectivity index (χ0) is 17.9. The molecule has 1 aliphatic heterocycles. The molecular formula is C16H22N6O2S. The molecule has 3 rings (SSSR count). The van der Waals surface area contributed by atoms with Gasteiger partial charge in [0.1, 0.15) is 4.90 Å². The summed E-state index contributed by atoms with van der Waals surface area (Å²) in [4.78, 5) is 17.4. The minimum absolute atomic E-state index is 0.0705. The molecule has 0 saturated carbocycles. The zero-order valence-electron chi connectivity index (χ0n) is 14.4. The van der Waals surface area contributed by atoms with Crippen LogP contribution in [0.25, 0.3) is 0 Å². The molecule has 0 aliphatic carbocycles. The van der Waals surface area contributed by atoms with Crippen LogP contribution in [0.2, 0.25) is 0 Å². The smallest absolute Gasteiger partial charge is 0.223 e. The van der Waals surface area contributed by atoms with Crippen molar-refractivity contribution in [2.45, 2.75) is 37.1 Å². The van der Waals surface area contributed by atoms with E-state index in [9.17, 15) is 8.42 Å². The Kier molecular flexibility index (Phi) is 5.24. The van der Waals surface area contributed by atoms with Crippen molar-refractivity contribution in [3.8, 4) is 0 Å². The van der Waals surface area contributed by atoms with Crippen molar-refractivity contribution in [2.24, 2.45) is 0 Å². The average molecular weight is 362 g/mol. The molecule has 25 heavy (non-hydrogen) atoms. The minimum Gasteiger partial charge on any atom is -0.349 e. The number of hydrogen-bond donors (Lipinski definition) is 2. The number of aryl methyl sites for hydroxylation is 1. The number of anilines is 1. The van der Waals surface area contributed by atoms with E-state index in [-0.39, 0.29) is 10.8 Å². The SMILES string of the molecule is Cc1cnc(CNc2ncc(S(C)(=O)=O)c([C@H]3CCCNC3)n2)cn1. The second-order valence-electron chi connectivity index (χ2n) is 6.26. The van der Waals surface area contributed by atoms with E-state index < -0.39 is 9.84 Å². The predicted molar refractivity (Wildman–Crippen MR) is 94.1 cm³/mol. The standard InChI is InChI=1S/C16H22N6O2S/c1-11-6-19-13(8-18-11)9-20-16-21-10-14(25(2,23)24)15(22-16)12-4-3-5-17-7-12/h6,8,10,12,17H,3-5,7,9H2,1-2H3,(H,20,21,22)/t12-/m0/s1. The lowest BCUT2D eigenvalue weighted by Gasteiger charge is -2.24. The molecule has 1 aliphatic rings. The van der Waals surface area contributed by atoms with E-state index in [1.54, 1.807) is 12.4 Å². The third kappa shape index (κ3) is 4.49. The van der Waals surface area contributed by atoms with E-state index in [0.29, 0.717) is 18.2 Å². The van der Waals surface area contributed by atoms with Crippen molar-refractivity contribution in [3.63, 3.8) is 0 Å². The molecule has 2 aromatic rings. The summed E-state index contributed by atoms with van der Waals surface area (Å²) in [6, 6.07) is 0. The molecule has 1 saturated heterocycles. The van der Waals surface area contributed by atoms with Crippen LogP contribution in [0.3, 0.4) is 0 Å². The quantitative estimate of drug-likeness (QED) is 0.812. The molecule has 3 heterocycles. The first-order valence-corrected chi connectivity index (χ1v) is 10.1. The Morgan fingerprint density at radius 3 is 2.72 bits per heavy atom. The first-order valence-electron chi connectivity index (χ1n) is 8.22. The van der Waals surface area contributed by atoms with Crippen molar-refractivity contribution >= 4 is 15.8 Å². The van der Waals surface area contributed by atoms with Gasteiger partial charge in [-0.15, -0.1) is 0 Å². The summed E-state index contributed by atoms with van der Waals surface area (Å²) in [5.41, 5.74) is 2.20. The lowest BCUT2D eigenvalue weighted by atomic mass is 9.96. The van der Waals surface area contributed by atoms with Crippen LogP contribution >= 0.6 is 0 Å². The highest BCUT2D eigenvalue weighted by Crippen LogP contribution is 2.27. The highest BCUT2D eigenvalue weighted by Gasteiger charge is 2.25. The maximum Gasteiger partial charge on any atom is 0.223 e. The van der Waals surface area contributed by atoms with Crippen LogP contribution in [0.15, 0.2) is 23.5 Å². The molecule has 0 spiro atoms. The summed E-state index contributed by atoms with van der Waals surface area (Å²) in [6.45, 7) is 3.98. The van der Waals surface area contributed by atoms with Gasteiger partial charge in [0, 0.05) is 24.9 Å². The van der Waals surface area contributed by atoms with Crippen molar-refractivity contribution in [1.29, 1.82) is 0 Å². The highest BCUT2D eigenvalue weighted by atomic mass is 32.2. The molecule has 0 unspecified atom stereocenters. The topological polar surface area (TPSA) is 110 Å². The molecule has 0 aromatic carbocycles. The van der Waals surface area contributed by atoms with Gasteiger partial charge < -0.3 is 10.6 Å². The maximum absolute atomic E-state index is 12.1. The van der Waals surface area contributed by atoms with Gasteiger partial charge in [-0.05, 0) is 26.3 Å². The first kappa shape index (κ1) is 17.7. The van der Waals surface area contributed by atoms with Crippen LogP contribution in [0.1, 0.15) is 35.8 Å². The summed E-state index contributed by atoms with van der Waals surface area (Å²) in [5, 5.41) is 6.40. The van der Waals surface area contributed by atoms with E-state index in [1.807, 2.05) is 6.92 Å². The van der Waals surface area contributed by atoms with Crippen LogP contribution in [0.5, 0.6) is 0 Å². The summed E-state index contributed by atoms with van der Waals surface area (Å²) < 4.78 is 24.2.